The Bertz CT molecular complexity index is 730. The van der Waals surface area contributed by atoms with Gasteiger partial charge in [0.05, 0.1) is 19.3 Å². The molecule has 4 unspecified atom stereocenters. The molecular weight excluding hydrogens is 321 g/mol. The van der Waals surface area contributed by atoms with E-state index in [4.69, 9.17) is 4.74 Å². The van der Waals surface area contributed by atoms with Crippen LogP contribution in [0.15, 0.2) is 48.5 Å². The Kier molecular flexibility index (Phi) is 5.04. The molecule has 2 aromatic carbocycles. The predicted molar refractivity (Wildman–Crippen MR) is 92.8 cm³/mol. The summed E-state index contributed by atoms with van der Waals surface area (Å²) in [7, 11) is 1.58. The summed E-state index contributed by atoms with van der Waals surface area (Å²) in [5.41, 5.74) is 1.70. The normalized spacial score (nSPS) is 21.3. The molecule has 1 saturated carbocycles. The van der Waals surface area contributed by atoms with Gasteiger partial charge in [0, 0.05) is 5.92 Å². The SMILES string of the molecule is COc1ccc(C(O)C(C)NC(=O)C2CC2c2ccc(F)cc2)cc1. The van der Waals surface area contributed by atoms with Gasteiger partial charge >= 0.3 is 0 Å². The monoisotopic (exact) mass is 343 g/mol. The molecule has 1 aliphatic rings. The maximum Gasteiger partial charge on any atom is 0.224 e. The number of rotatable bonds is 6. The number of halogens is 1. The van der Waals surface area contributed by atoms with Gasteiger partial charge in [0.15, 0.2) is 0 Å². The summed E-state index contributed by atoms with van der Waals surface area (Å²) in [6.07, 6.45) is -0.0408. The van der Waals surface area contributed by atoms with Gasteiger partial charge in [0.1, 0.15) is 11.6 Å². The van der Waals surface area contributed by atoms with Crippen molar-refractivity contribution in [1.29, 1.82) is 0 Å². The molecule has 1 aliphatic carbocycles. The lowest BCUT2D eigenvalue weighted by Gasteiger charge is -2.21. The van der Waals surface area contributed by atoms with E-state index in [9.17, 15) is 14.3 Å². The van der Waals surface area contributed by atoms with Gasteiger partial charge in [-0.1, -0.05) is 24.3 Å². The van der Waals surface area contributed by atoms with Crippen LogP contribution in [0.5, 0.6) is 5.75 Å². The molecule has 2 N–H and O–H groups in total. The molecule has 0 aliphatic heterocycles. The van der Waals surface area contributed by atoms with Crippen molar-refractivity contribution in [2.75, 3.05) is 7.11 Å². The lowest BCUT2D eigenvalue weighted by Crippen LogP contribution is -2.38. The number of hydrogen-bond donors (Lipinski definition) is 2. The zero-order chi connectivity index (χ0) is 18.0. The van der Waals surface area contributed by atoms with E-state index in [1.54, 1.807) is 50.4 Å². The van der Waals surface area contributed by atoms with Gasteiger partial charge in [-0.3, -0.25) is 4.79 Å². The average molecular weight is 343 g/mol. The summed E-state index contributed by atoms with van der Waals surface area (Å²) in [6.45, 7) is 1.78. The fraction of sp³-hybridized carbons (Fsp3) is 0.350. The first-order valence-electron chi connectivity index (χ1n) is 8.37. The van der Waals surface area contributed by atoms with Gasteiger partial charge in [-0.25, -0.2) is 4.39 Å². The van der Waals surface area contributed by atoms with E-state index in [1.807, 2.05) is 0 Å². The maximum atomic E-state index is 13.0. The molecule has 25 heavy (non-hydrogen) atoms. The number of methoxy groups -OCH3 is 1. The Morgan fingerprint density at radius 3 is 2.44 bits per heavy atom. The number of carbonyl (C=O) groups is 1. The standard InChI is InChI=1S/C20H22FNO3/c1-12(19(23)14-5-9-16(25-2)10-6-14)22-20(24)18-11-17(18)13-3-7-15(21)8-4-13/h3-10,12,17-19,23H,11H2,1-2H3,(H,22,24). The highest BCUT2D eigenvalue weighted by molar-refractivity contribution is 5.83. The molecular formula is C20H22FNO3. The van der Waals surface area contributed by atoms with Crippen molar-refractivity contribution in [3.63, 3.8) is 0 Å². The second kappa shape index (κ2) is 7.23. The topological polar surface area (TPSA) is 58.6 Å². The lowest BCUT2D eigenvalue weighted by atomic mass is 10.0. The molecule has 0 bridgehead atoms. The first-order valence-corrected chi connectivity index (χ1v) is 8.37. The van der Waals surface area contributed by atoms with E-state index >= 15 is 0 Å². The van der Waals surface area contributed by atoms with E-state index in [1.165, 1.54) is 12.1 Å². The van der Waals surface area contributed by atoms with Crippen LogP contribution in [0.25, 0.3) is 0 Å². The van der Waals surface area contributed by atoms with Crippen LogP contribution >= 0.6 is 0 Å². The number of benzene rings is 2. The minimum Gasteiger partial charge on any atom is -0.497 e. The fourth-order valence-electron chi connectivity index (χ4n) is 3.06. The van der Waals surface area contributed by atoms with Crippen LogP contribution in [0.4, 0.5) is 4.39 Å². The van der Waals surface area contributed by atoms with Crippen LogP contribution in [-0.4, -0.2) is 24.2 Å². The highest BCUT2D eigenvalue weighted by Crippen LogP contribution is 2.47. The molecule has 0 aromatic heterocycles. The van der Waals surface area contributed by atoms with Crippen molar-refractivity contribution in [3.05, 3.63) is 65.5 Å². The third-order valence-corrected chi connectivity index (χ3v) is 4.73. The number of hydrogen-bond acceptors (Lipinski definition) is 3. The largest absolute Gasteiger partial charge is 0.497 e. The van der Waals surface area contributed by atoms with Crippen molar-refractivity contribution in [2.24, 2.45) is 5.92 Å². The van der Waals surface area contributed by atoms with Crippen LogP contribution in [0.2, 0.25) is 0 Å². The van der Waals surface area contributed by atoms with Crippen molar-refractivity contribution in [1.82, 2.24) is 5.32 Å². The van der Waals surface area contributed by atoms with Crippen molar-refractivity contribution in [3.8, 4) is 5.75 Å². The third-order valence-electron chi connectivity index (χ3n) is 4.73. The number of ether oxygens (including phenoxy) is 1. The molecule has 0 spiro atoms. The van der Waals surface area contributed by atoms with Gasteiger partial charge < -0.3 is 15.2 Å². The molecule has 4 atom stereocenters. The fourth-order valence-corrected chi connectivity index (χ4v) is 3.06. The number of nitrogens with one attached hydrogen (secondary N) is 1. The zero-order valence-electron chi connectivity index (χ0n) is 14.3. The van der Waals surface area contributed by atoms with Crippen molar-refractivity contribution >= 4 is 5.91 Å². The first kappa shape index (κ1) is 17.4. The number of aliphatic hydroxyl groups excluding tert-OH is 1. The van der Waals surface area contributed by atoms with E-state index in [2.05, 4.69) is 5.32 Å². The van der Waals surface area contributed by atoms with Crippen molar-refractivity contribution in [2.45, 2.75) is 31.4 Å². The molecule has 0 radical (unpaired) electrons. The summed E-state index contributed by atoms with van der Waals surface area (Å²) in [4.78, 5) is 12.4. The van der Waals surface area contributed by atoms with Crippen LogP contribution in [0.1, 0.15) is 36.5 Å². The highest BCUT2D eigenvalue weighted by Gasteiger charge is 2.44. The van der Waals surface area contributed by atoms with Crippen LogP contribution < -0.4 is 10.1 Å². The predicted octanol–water partition coefficient (Wildman–Crippen LogP) is 3.18. The number of carbonyl (C=O) groups excluding carboxylic acids is 1. The molecule has 3 rings (SSSR count). The molecule has 5 heteroatoms. The summed E-state index contributed by atoms with van der Waals surface area (Å²) < 4.78 is 18.1. The summed E-state index contributed by atoms with van der Waals surface area (Å²) >= 11 is 0. The second-order valence-corrected chi connectivity index (χ2v) is 6.52. The second-order valence-electron chi connectivity index (χ2n) is 6.52. The minimum absolute atomic E-state index is 0.0746. The van der Waals surface area contributed by atoms with E-state index in [-0.39, 0.29) is 23.6 Å². The van der Waals surface area contributed by atoms with Gasteiger partial charge in [-0.05, 0) is 54.7 Å². The lowest BCUT2D eigenvalue weighted by molar-refractivity contribution is -0.123. The number of amides is 1. The molecule has 0 heterocycles. The Labute approximate surface area is 146 Å². The Morgan fingerprint density at radius 1 is 1.20 bits per heavy atom. The smallest absolute Gasteiger partial charge is 0.224 e. The number of aliphatic hydroxyl groups is 1. The van der Waals surface area contributed by atoms with Crippen molar-refractivity contribution < 1.29 is 19.0 Å². The van der Waals surface area contributed by atoms with E-state index in [0.717, 1.165) is 17.5 Å². The molecule has 0 saturated heterocycles. The van der Waals surface area contributed by atoms with Gasteiger partial charge in [0.25, 0.3) is 0 Å². The summed E-state index contributed by atoms with van der Waals surface area (Å²) in [5.74, 6) is 0.380. The van der Waals surface area contributed by atoms with E-state index in [0.29, 0.717) is 5.75 Å². The van der Waals surface area contributed by atoms with Crippen LogP contribution in [0.3, 0.4) is 0 Å². The Balaban J connectivity index is 1.56. The molecule has 1 fully saturated rings. The third kappa shape index (κ3) is 3.99. The van der Waals surface area contributed by atoms with E-state index < -0.39 is 12.1 Å². The average Bonchev–Trinajstić information content (AvgIpc) is 3.42. The Morgan fingerprint density at radius 2 is 1.84 bits per heavy atom. The molecule has 1 amide bonds. The first-order chi connectivity index (χ1) is 12.0. The minimum atomic E-state index is -0.794. The quantitative estimate of drug-likeness (QED) is 0.847. The van der Waals surface area contributed by atoms with Gasteiger partial charge in [-0.15, -0.1) is 0 Å². The maximum absolute atomic E-state index is 13.0. The van der Waals surface area contributed by atoms with Gasteiger partial charge in [0.2, 0.25) is 5.91 Å². The summed E-state index contributed by atoms with van der Waals surface area (Å²) in [6, 6.07) is 13.0. The van der Waals surface area contributed by atoms with Gasteiger partial charge in [-0.2, -0.15) is 0 Å². The highest BCUT2D eigenvalue weighted by atomic mass is 19.1. The van der Waals surface area contributed by atoms with Crippen LogP contribution in [0, 0.1) is 11.7 Å². The molecule has 132 valence electrons. The summed E-state index contributed by atoms with van der Waals surface area (Å²) in [5, 5.41) is 13.3. The van der Waals surface area contributed by atoms with Crippen LogP contribution in [-0.2, 0) is 4.79 Å². The molecule has 2 aromatic rings. The zero-order valence-corrected chi connectivity index (χ0v) is 14.3. The molecule has 4 nitrogen and oxygen atoms in total. The Hall–Kier alpha value is -2.40.